The number of fused-ring (bicyclic) bond motifs is 2. The molecule has 0 fully saturated rings. The van der Waals surface area contributed by atoms with Crippen LogP contribution in [0.5, 0.6) is 0 Å². The predicted octanol–water partition coefficient (Wildman–Crippen LogP) is 2.76. The summed E-state index contributed by atoms with van der Waals surface area (Å²) in [5.74, 6) is -1.33. The molecule has 1 amide bonds. The summed E-state index contributed by atoms with van der Waals surface area (Å²) in [6, 6.07) is 8.51. The highest BCUT2D eigenvalue weighted by Gasteiger charge is 2.38. The number of carbonyl (C=O) groups is 2. The lowest BCUT2D eigenvalue weighted by Gasteiger charge is -2.33. The fraction of sp³-hybridized carbons (Fsp3) is 0.435. The molecule has 33 heavy (non-hydrogen) atoms. The SMILES string of the molecule is CS(=O)(=O)N1Cc2ccccc2C[C@H]1C(=O)OCC(=O)Nc1sc2c(c1C#N)CCCCC2. The Morgan fingerprint density at radius 3 is 2.67 bits per heavy atom. The molecule has 10 heteroatoms. The predicted molar refractivity (Wildman–Crippen MR) is 124 cm³/mol. The van der Waals surface area contributed by atoms with Gasteiger partial charge in [0.15, 0.2) is 6.61 Å². The number of amides is 1. The Morgan fingerprint density at radius 2 is 1.94 bits per heavy atom. The van der Waals surface area contributed by atoms with Crippen LogP contribution in [0.4, 0.5) is 5.00 Å². The first-order valence-electron chi connectivity index (χ1n) is 10.8. The first kappa shape index (κ1) is 23.4. The van der Waals surface area contributed by atoms with Crippen molar-refractivity contribution < 1.29 is 22.7 Å². The van der Waals surface area contributed by atoms with E-state index in [4.69, 9.17) is 4.74 Å². The molecule has 0 bridgehead atoms. The molecule has 0 saturated carbocycles. The number of hydrogen-bond acceptors (Lipinski definition) is 7. The van der Waals surface area contributed by atoms with E-state index in [1.54, 1.807) is 0 Å². The summed E-state index contributed by atoms with van der Waals surface area (Å²) >= 11 is 1.40. The van der Waals surface area contributed by atoms with Crippen molar-refractivity contribution in [3.63, 3.8) is 0 Å². The number of benzene rings is 1. The van der Waals surface area contributed by atoms with Gasteiger partial charge in [0.05, 0.1) is 11.8 Å². The van der Waals surface area contributed by atoms with Gasteiger partial charge in [-0.15, -0.1) is 11.3 Å². The molecular weight excluding hydrogens is 462 g/mol. The standard InChI is InChI=1S/C23H25N3O5S2/c1-33(29,30)26-13-16-8-6-5-7-15(16)11-19(26)23(28)31-14-21(27)25-22-18(12-24)17-9-3-2-4-10-20(17)32-22/h5-8,19H,2-4,9-11,13-14H2,1H3,(H,25,27)/t19-/m0/s1. The van der Waals surface area contributed by atoms with Gasteiger partial charge in [0.1, 0.15) is 17.1 Å². The topological polar surface area (TPSA) is 117 Å². The average Bonchev–Trinajstić information content (AvgIpc) is 2.94. The van der Waals surface area contributed by atoms with Crippen LogP contribution in [0.25, 0.3) is 0 Å². The van der Waals surface area contributed by atoms with Crippen LogP contribution in [0.1, 0.15) is 46.4 Å². The van der Waals surface area contributed by atoms with Gasteiger partial charge in [0.25, 0.3) is 5.91 Å². The normalized spacial score (nSPS) is 18.4. The average molecular weight is 488 g/mol. The van der Waals surface area contributed by atoms with Crippen LogP contribution in [-0.2, 0) is 50.2 Å². The van der Waals surface area contributed by atoms with Crippen molar-refractivity contribution in [2.24, 2.45) is 0 Å². The second-order valence-electron chi connectivity index (χ2n) is 8.33. The number of hydrogen-bond donors (Lipinski definition) is 1. The van der Waals surface area contributed by atoms with Crippen molar-refractivity contribution in [2.45, 2.75) is 51.1 Å². The summed E-state index contributed by atoms with van der Waals surface area (Å²) in [5.41, 5.74) is 3.22. The van der Waals surface area contributed by atoms with E-state index >= 15 is 0 Å². The lowest BCUT2D eigenvalue weighted by molar-refractivity contribution is -0.151. The van der Waals surface area contributed by atoms with Crippen LogP contribution in [0.15, 0.2) is 24.3 Å². The zero-order valence-corrected chi connectivity index (χ0v) is 19.9. The highest BCUT2D eigenvalue weighted by molar-refractivity contribution is 7.88. The van der Waals surface area contributed by atoms with Gasteiger partial charge in [-0.1, -0.05) is 30.7 Å². The third-order valence-electron chi connectivity index (χ3n) is 6.04. The van der Waals surface area contributed by atoms with E-state index in [9.17, 15) is 23.3 Å². The maximum Gasteiger partial charge on any atom is 0.325 e. The molecule has 2 aromatic rings. The Morgan fingerprint density at radius 1 is 1.21 bits per heavy atom. The van der Waals surface area contributed by atoms with Gasteiger partial charge in [-0.25, -0.2) is 8.42 Å². The van der Waals surface area contributed by atoms with E-state index in [1.165, 1.54) is 11.3 Å². The first-order chi connectivity index (χ1) is 15.8. The maximum absolute atomic E-state index is 12.8. The molecular formula is C23H25N3O5S2. The molecule has 2 heterocycles. The molecule has 174 valence electrons. The minimum absolute atomic E-state index is 0.0766. The van der Waals surface area contributed by atoms with Gasteiger partial charge in [-0.05, 0) is 42.4 Å². The molecule has 1 aromatic heterocycles. The Bertz CT molecular complexity index is 1230. The van der Waals surface area contributed by atoms with Gasteiger partial charge in [-0.3, -0.25) is 9.59 Å². The van der Waals surface area contributed by atoms with Gasteiger partial charge in [0.2, 0.25) is 10.0 Å². The Labute approximate surface area is 197 Å². The lowest BCUT2D eigenvalue weighted by Crippen LogP contribution is -2.49. The van der Waals surface area contributed by atoms with Crippen molar-refractivity contribution in [2.75, 3.05) is 18.2 Å². The van der Waals surface area contributed by atoms with Gasteiger partial charge < -0.3 is 10.1 Å². The van der Waals surface area contributed by atoms with Gasteiger partial charge in [-0.2, -0.15) is 9.57 Å². The molecule has 8 nitrogen and oxygen atoms in total. The number of nitrogens with zero attached hydrogens (tertiary/aromatic N) is 2. The number of ether oxygens (including phenoxy) is 1. The highest BCUT2D eigenvalue weighted by atomic mass is 32.2. The van der Waals surface area contributed by atoms with E-state index in [0.717, 1.165) is 64.2 Å². The molecule has 0 unspecified atom stereocenters. The molecule has 2 aliphatic rings. The molecule has 1 aliphatic heterocycles. The zero-order valence-electron chi connectivity index (χ0n) is 18.3. The molecule has 0 spiro atoms. The molecule has 0 radical (unpaired) electrons. The zero-order chi connectivity index (χ0) is 23.6. The monoisotopic (exact) mass is 487 g/mol. The first-order valence-corrected chi connectivity index (χ1v) is 13.5. The molecule has 1 aromatic carbocycles. The number of nitrogens with one attached hydrogen (secondary N) is 1. The van der Waals surface area contributed by atoms with Crippen molar-refractivity contribution >= 4 is 38.2 Å². The highest BCUT2D eigenvalue weighted by Crippen LogP contribution is 2.37. The lowest BCUT2D eigenvalue weighted by atomic mass is 9.96. The number of nitriles is 1. The number of aryl methyl sites for hydroxylation is 1. The van der Waals surface area contributed by atoms with Gasteiger partial charge >= 0.3 is 5.97 Å². The summed E-state index contributed by atoms with van der Waals surface area (Å²) in [4.78, 5) is 26.4. The van der Waals surface area contributed by atoms with Crippen LogP contribution >= 0.6 is 11.3 Å². The van der Waals surface area contributed by atoms with Crippen molar-refractivity contribution in [1.29, 1.82) is 5.26 Å². The van der Waals surface area contributed by atoms with E-state index in [-0.39, 0.29) is 13.0 Å². The van der Waals surface area contributed by atoms with Crippen LogP contribution in [-0.4, -0.2) is 43.5 Å². The summed E-state index contributed by atoms with van der Waals surface area (Å²) in [6.45, 7) is -0.477. The van der Waals surface area contributed by atoms with Gasteiger partial charge in [0, 0.05) is 17.8 Å². The minimum Gasteiger partial charge on any atom is -0.454 e. The fourth-order valence-electron chi connectivity index (χ4n) is 4.39. The molecule has 1 aliphatic carbocycles. The Balaban J connectivity index is 1.43. The largest absolute Gasteiger partial charge is 0.454 e. The smallest absolute Gasteiger partial charge is 0.325 e. The van der Waals surface area contributed by atoms with Crippen LogP contribution in [0.2, 0.25) is 0 Å². The maximum atomic E-state index is 12.8. The van der Waals surface area contributed by atoms with E-state index in [1.807, 2.05) is 24.3 Å². The molecule has 0 saturated heterocycles. The second kappa shape index (κ2) is 9.63. The summed E-state index contributed by atoms with van der Waals surface area (Å²) in [6.07, 6.45) is 6.15. The third kappa shape index (κ3) is 5.11. The number of sulfonamides is 1. The van der Waals surface area contributed by atoms with Crippen molar-refractivity contribution in [3.8, 4) is 6.07 Å². The number of esters is 1. The van der Waals surface area contributed by atoms with Crippen molar-refractivity contribution in [3.05, 3.63) is 51.4 Å². The van der Waals surface area contributed by atoms with Crippen LogP contribution in [0, 0.1) is 11.3 Å². The molecule has 4 rings (SSSR count). The Hall–Kier alpha value is -2.74. The van der Waals surface area contributed by atoms with Crippen LogP contribution in [0.3, 0.4) is 0 Å². The van der Waals surface area contributed by atoms with Crippen LogP contribution < -0.4 is 5.32 Å². The molecule has 1 N–H and O–H groups in total. The number of anilines is 1. The Kier molecular flexibility index (Phi) is 6.83. The second-order valence-corrected chi connectivity index (χ2v) is 11.4. The summed E-state index contributed by atoms with van der Waals surface area (Å²) in [5, 5.41) is 12.8. The van der Waals surface area contributed by atoms with Crippen molar-refractivity contribution in [1.82, 2.24) is 4.31 Å². The van der Waals surface area contributed by atoms with E-state index in [0.29, 0.717) is 10.6 Å². The number of rotatable bonds is 5. The van der Waals surface area contributed by atoms with E-state index in [2.05, 4.69) is 11.4 Å². The summed E-state index contributed by atoms with van der Waals surface area (Å²) in [7, 11) is -3.67. The quantitative estimate of drug-likeness (QED) is 0.512. The number of carbonyl (C=O) groups excluding carboxylic acids is 2. The number of thiophene rings is 1. The molecule has 1 atom stereocenters. The fourth-order valence-corrected chi connectivity index (χ4v) is 6.65. The van der Waals surface area contributed by atoms with E-state index < -0.39 is 34.5 Å². The summed E-state index contributed by atoms with van der Waals surface area (Å²) < 4.78 is 30.9. The minimum atomic E-state index is -3.67. The third-order valence-corrected chi connectivity index (χ3v) is 8.48.